The van der Waals surface area contributed by atoms with Crippen molar-refractivity contribution >= 4 is 11.6 Å². The van der Waals surface area contributed by atoms with E-state index in [1.807, 2.05) is 30.1 Å². The molecule has 0 aliphatic heterocycles. The van der Waals surface area contributed by atoms with E-state index in [2.05, 4.69) is 16.0 Å². The summed E-state index contributed by atoms with van der Waals surface area (Å²) in [5.41, 5.74) is 7.77. The largest absolute Gasteiger partial charge is 0.396 e. The molecule has 0 radical (unpaired) electrons. The zero-order chi connectivity index (χ0) is 13.0. The van der Waals surface area contributed by atoms with Crippen molar-refractivity contribution in [3.63, 3.8) is 0 Å². The van der Waals surface area contributed by atoms with Crippen LogP contribution >= 0.6 is 0 Å². The second-order valence-electron chi connectivity index (χ2n) is 3.98. The SMILES string of the molecule is CN(Cc1cccc(C#N)c1)c1ncc(N)cn1. The quantitative estimate of drug-likeness (QED) is 0.879. The normalized spacial score (nSPS) is 9.78. The van der Waals surface area contributed by atoms with Gasteiger partial charge in [-0.15, -0.1) is 0 Å². The molecule has 1 heterocycles. The molecule has 2 N–H and O–H groups in total. The lowest BCUT2D eigenvalue weighted by Gasteiger charge is -2.16. The first kappa shape index (κ1) is 11.9. The number of nitrogen functional groups attached to an aromatic ring is 1. The third-order valence-electron chi connectivity index (χ3n) is 2.48. The van der Waals surface area contributed by atoms with Crippen molar-refractivity contribution in [2.24, 2.45) is 0 Å². The molecule has 2 rings (SSSR count). The van der Waals surface area contributed by atoms with Crippen LogP contribution in [0.4, 0.5) is 11.6 Å². The van der Waals surface area contributed by atoms with Crippen LogP contribution in [0, 0.1) is 11.3 Å². The Hall–Kier alpha value is -2.61. The fourth-order valence-corrected chi connectivity index (χ4v) is 1.61. The molecule has 1 aromatic heterocycles. The summed E-state index contributed by atoms with van der Waals surface area (Å²) in [6.07, 6.45) is 3.15. The lowest BCUT2D eigenvalue weighted by molar-refractivity contribution is 0.867. The Bertz CT molecular complexity index is 571. The van der Waals surface area contributed by atoms with E-state index in [4.69, 9.17) is 11.0 Å². The van der Waals surface area contributed by atoms with Gasteiger partial charge in [0.25, 0.3) is 0 Å². The lowest BCUT2D eigenvalue weighted by atomic mass is 10.1. The molecular weight excluding hydrogens is 226 g/mol. The molecule has 0 aliphatic carbocycles. The van der Waals surface area contributed by atoms with Crippen molar-refractivity contribution in [3.05, 3.63) is 47.8 Å². The van der Waals surface area contributed by atoms with Gasteiger partial charge in [-0.2, -0.15) is 5.26 Å². The first-order valence-electron chi connectivity index (χ1n) is 5.47. The minimum absolute atomic E-state index is 0.540. The van der Waals surface area contributed by atoms with Crippen LogP contribution in [0.15, 0.2) is 36.7 Å². The summed E-state index contributed by atoms with van der Waals surface area (Å²) in [6, 6.07) is 9.59. The first-order valence-corrected chi connectivity index (χ1v) is 5.47. The van der Waals surface area contributed by atoms with E-state index >= 15 is 0 Å². The van der Waals surface area contributed by atoms with Crippen LogP contribution in [0.2, 0.25) is 0 Å². The molecule has 0 fully saturated rings. The molecule has 2 aromatic rings. The van der Waals surface area contributed by atoms with Crippen molar-refractivity contribution in [1.29, 1.82) is 5.26 Å². The van der Waals surface area contributed by atoms with Crippen LogP contribution in [-0.2, 0) is 6.54 Å². The molecule has 0 amide bonds. The number of nitrogens with zero attached hydrogens (tertiary/aromatic N) is 4. The van der Waals surface area contributed by atoms with E-state index in [0.29, 0.717) is 23.7 Å². The van der Waals surface area contributed by atoms with Crippen LogP contribution in [0.1, 0.15) is 11.1 Å². The van der Waals surface area contributed by atoms with Crippen molar-refractivity contribution < 1.29 is 0 Å². The van der Waals surface area contributed by atoms with Crippen molar-refractivity contribution in [2.75, 3.05) is 17.7 Å². The highest BCUT2D eigenvalue weighted by molar-refractivity contribution is 5.39. The van der Waals surface area contributed by atoms with E-state index in [0.717, 1.165) is 5.56 Å². The molecule has 90 valence electrons. The zero-order valence-electron chi connectivity index (χ0n) is 10.0. The molecule has 0 saturated heterocycles. The van der Waals surface area contributed by atoms with E-state index in [9.17, 15) is 0 Å². The minimum atomic E-state index is 0.540. The molecule has 0 aliphatic rings. The van der Waals surface area contributed by atoms with Gasteiger partial charge in [-0.3, -0.25) is 0 Å². The van der Waals surface area contributed by atoms with Crippen molar-refractivity contribution in [2.45, 2.75) is 6.54 Å². The maximum Gasteiger partial charge on any atom is 0.225 e. The van der Waals surface area contributed by atoms with Crippen LogP contribution in [0.25, 0.3) is 0 Å². The van der Waals surface area contributed by atoms with Gasteiger partial charge < -0.3 is 10.6 Å². The summed E-state index contributed by atoms with van der Waals surface area (Å²) >= 11 is 0. The summed E-state index contributed by atoms with van der Waals surface area (Å²) in [5, 5.41) is 8.84. The number of aromatic nitrogens is 2. The molecule has 1 aromatic carbocycles. The maximum absolute atomic E-state index is 8.84. The predicted octanol–water partition coefficient (Wildman–Crippen LogP) is 1.57. The van der Waals surface area contributed by atoms with Crippen LogP contribution < -0.4 is 10.6 Å². The standard InChI is InChI=1S/C13H13N5/c1-18(13-16-7-12(15)8-17-13)9-11-4-2-3-10(5-11)6-14/h2-5,7-8H,9,15H2,1H3. The third kappa shape index (κ3) is 2.74. The summed E-state index contributed by atoms with van der Waals surface area (Å²) in [6.45, 7) is 0.638. The molecule has 0 atom stereocenters. The average molecular weight is 239 g/mol. The summed E-state index contributed by atoms with van der Waals surface area (Å²) in [7, 11) is 1.89. The van der Waals surface area contributed by atoms with E-state index in [1.165, 1.54) is 0 Å². The Balaban J connectivity index is 2.13. The highest BCUT2D eigenvalue weighted by atomic mass is 15.2. The van der Waals surface area contributed by atoms with Gasteiger partial charge in [0.05, 0.1) is 29.7 Å². The Morgan fingerprint density at radius 3 is 2.72 bits per heavy atom. The molecule has 5 heteroatoms. The number of nitriles is 1. The van der Waals surface area contributed by atoms with Crippen LogP contribution in [-0.4, -0.2) is 17.0 Å². The lowest BCUT2D eigenvalue weighted by Crippen LogP contribution is -2.19. The van der Waals surface area contributed by atoms with E-state index in [1.54, 1.807) is 18.5 Å². The van der Waals surface area contributed by atoms with Gasteiger partial charge in [0, 0.05) is 13.6 Å². The van der Waals surface area contributed by atoms with Crippen molar-refractivity contribution in [1.82, 2.24) is 9.97 Å². The monoisotopic (exact) mass is 239 g/mol. The van der Waals surface area contributed by atoms with Crippen LogP contribution in [0.5, 0.6) is 0 Å². The smallest absolute Gasteiger partial charge is 0.225 e. The maximum atomic E-state index is 8.84. The summed E-state index contributed by atoms with van der Waals surface area (Å²) in [4.78, 5) is 10.2. The molecule has 18 heavy (non-hydrogen) atoms. The number of hydrogen-bond acceptors (Lipinski definition) is 5. The Labute approximate surface area is 106 Å². The van der Waals surface area contributed by atoms with Gasteiger partial charge in [0.15, 0.2) is 0 Å². The van der Waals surface area contributed by atoms with Gasteiger partial charge in [-0.25, -0.2) is 9.97 Å². The minimum Gasteiger partial charge on any atom is -0.396 e. The second-order valence-corrected chi connectivity index (χ2v) is 3.98. The number of anilines is 2. The molecule has 0 spiro atoms. The molecule has 5 nitrogen and oxygen atoms in total. The number of benzene rings is 1. The van der Waals surface area contributed by atoms with Gasteiger partial charge in [-0.1, -0.05) is 12.1 Å². The van der Waals surface area contributed by atoms with Crippen LogP contribution in [0.3, 0.4) is 0 Å². The van der Waals surface area contributed by atoms with E-state index in [-0.39, 0.29) is 0 Å². The highest BCUT2D eigenvalue weighted by Crippen LogP contribution is 2.11. The molecule has 0 saturated carbocycles. The first-order chi connectivity index (χ1) is 8.69. The summed E-state index contributed by atoms with van der Waals surface area (Å²) < 4.78 is 0. The Kier molecular flexibility index (Phi) is 3.39. The molecule has 0 unspecified atom stereocenters. The molecular formula is C13H13N5. The second kappa shape index (κ2) is 5.15. The molecule has 0 bridgehead atoms. The topological polar surface area (TPSA) is 78.8 Å². The zero-order valence-corrected chi connectivity index (χ0v) is 10.0. The van der Waals surface area contributed by atoms with Gasteiger partial charge in [-0.05, 0) is 17.7 Å². The predicted molar refractivity (Wildman–Crippen MR) is 69.7 cm³/mol. The fourth-order valence-electron chi connectivity index (χ4n) is 1.61. The number of rotatable bonds is 3. The Morgan fingerprint density at radius 2 is 2.06 bits per heavy atom. The van der Waals surface area contributed by atoms with Gasteiger partial charge in [0.2, 0.25) is 5.95 Å². The van der Waals surface area contributed by atoms with Gasteiger partial charge in [0.1, 0.15) is 0 Å². The third-order valence-corrected chi connectivity index (χ3v) is 2.48. The fraction of sp³-hybridized carbons (Fsp3) is 0.154. The highest BCUT2D eigenvalue weighted by Gasteiger charge is 2.05. The number of hydrogen-bond donors (Lipinski definition) is 1. The summed E-state index contributed by atoms with van der Waals surface area (Å²) in [5.74, 6) is 0.603. The average Bonchev–Trinajstić information content (AvgIpc) is 2.39. The van der Waals surface area contributed by atoms with E-state index < -0.39 is 0 Å². The Morgan fingerprint density at radius 1 is 1.33 bits per heavy atom. The number of nitrogens with two attached hydrogens (primary N) is 1. The van der Waals surface area contributed by atoms with Gasteiger partial charge >= 0.3 is 0 Å². The van der Waals surface area contributed by atoms with Crippen molar-refractivity contribution in [3.8, 4) is 6.07 Å².